The number of hydrogen-bond acceptors (Lipinski definition) is 4. The summed E-state index contributed by atoms with van der Waals surface area (Å²) in [5.41, 5.74) is 0. The average Bonchev–Trinajstić information content (AvgIpc) is 2.59. The largest absolute Gasteiger partial charge is 0.465 e. The van der Waals surface area contributed by atoms with Crippen molar-refractivity contribution in [3.8, 4) is 0 Å². The van der Waals surface area contributed by atoms with Gasteiger partial charge in [-0.25, -0.2) is 13.1 Å². The van der Waals surface area contributed by atoms with Crippen LogP contribution in [0.15, 0.2) is 16.5 Å². The van der Waals surface area contributed by atoms with Gasteiger partial charge in [0.2, 0.25) is 10.0 Å². The molecule has 5 nitrogen and oxygen atoms in total. The molecule has 0 aliphatic heterocycles. The van der Waals surface area contributed by atoms with Gasteiger partial charge in [-0.3, -0.25) is 0 Å². The van der Waals surface area contributed by atoms with Gasteiger partial charge in [0.25, 0.3) is 0 Å². The predicted octanol–water partition coefficient (Wildman–Crippen LogP) is 0.617. The van der Waals surface area contributed by atoms with Crippen molar-refractivity contribution in [2.75, 3.05) is 18.8 Å². The van der Waals surface area contributed by atoms with E-state index in [0.717, 1.165) is 11.5 Å². The summed E-state index contributed by atoms with van der Waals surface area (Å²) >= 11 is 0. The number of hydrogen-bond donors (Lipinski definition) is 2. The van der Waals surface area contributed by atoms with Crippen LogP contribution in [-0.4, -0.2) is 27.3 Å². The van der Waals surface area contributed by atoms with Gasteiger partial charge in [0.05, 0.1) is 12.3 Å². The Balaban J connectivity index is 2.22. The minimum atomic E-state index is -3.12. The molecule has 0 aliphatic carbocycles. The maximum atomic E-state index is 11.3. The minimum absolute atomic E-state index is 0.0839. The third-order valence-corrected chi connectivity index (χ3v) is 3.48. The van der Waals surface area contributed by atoms with Gasteiger partial charge < -0.3 is 9.73 Å². The smallest absolute Gasteiger partial charge is 0.212 e. The van der Waals surface area contributed by atoms with Gasteiger partial charge in [-0.05, 0) is 19.1 Å². The summed E-state index contributed by atoms with van der Waals surface area (Å²) < 4.78 is 30.3. The van der Waals surface area contributed by atoms with E-state index in [2.05, 4.69) is 10.0 Å². The molecule has 0 fully saturated rings. The summed E-state index contributed by atoms with van der Waals surface area (Å²) in [4.78, 5) is 0. The van der Waals surface area contributed by atoms with Crippen molar-refractivity contribution in [2.24, 2.45) is 0 Å². The molecule has 0 aliphatic rings. The predicted molar refractivity (Wildman–Crippen MR) is 62.6 cm³/mol. The molecule has 0 unspecified atom stereocenters. The van der Waals surface area contributed by atoms with Crippen molar-refractivity contribution < 1.29 is 12.8 Å². The lowest BCUT2D eigenvalue weighted by Gasteiger charge is -2.04. The number of aryl methyl sites for hydroxylation is 1. The van der Waals surface area contributed by atoms with Crippen LogP contribution in [0.4, 0.5) is 0 Å². The van der Waals surface area contributed by atoms with Gasteiger partial charge in [-0.1, -0.05) is 6.92 Å². The summed E-state index contributed by atoms with van der Waals surface area (Å²) in [7, 11) is -3.12. The highest BCUT2D eigenvalue weighted by molar-refractivity contribution is 7.89. The Hall–Kier alpha value is -0.850. The van der Waals surface area contributed by atoms with Crippen LogP contribution in [0.1, 0.15) is 18.4 Å². The molecule has 0 spiro atoms. The van der Waals surface area contributed by atoms with E-state index in [4.69, 9.17) is 4.42 Å². The molecule has 0 aromatic carbocycles. The number of nitrogens with one attached hydrogen (secondary N) is 2. The van der Waals surface area contributed by atoms with E-state index in [1.54, 1.807) is 6.92 Å². The van der Waals surface area contributed by atoms with E-state index in [-0.39, 0.29) is 5.75 Å². The second-order valence-electron chi connectivity index (χ2n) is 3.51. The van der Waals surface area contributed by atoms with Crippen LogP contribution in [0.5, 0.6) is 0 Å². The molecule has 0 atom stereocenters. The van der Waals surface area contributed by atoms with E-state index in [9.17, 15) is 8.42 Å². The Bertz CT molecular complexity index is 411. The minimum Gasteiger partial charge on any atom is -0.465 e. The topological polar surface area (TPSA) is 71.3 Å². The molecular weight excluding hydrogens is 228 g/mol. The van der Waals surface area contributed by atoms with Crippen molar-refractivity contribution in [1.82, 2.24) is 10.0 Å². The maximum absolute atomic E-state index is 11.3. The Labute approximate surface area is 96.3 Å². The molecule has 0 saturated heterocycles. The lowest BCUT2D eigenvalue weighted by molar-refractivity contribution is 0.465. The van der Waals surface area contributed by atoms with E-state index in [0.29, 0.717) is 19.6 Å². The molecule has 1 aromatic rings. The summed E-state index contributed by atoms with van der Waals surface area (Å²) in [5.74, 6) is 1.76. The fourth-order valence-corrected chi connectivity index (χ4v) is 2.29. The van der Waals surface area contributed by atoms with Crippen molar-refractivity contribution in [2.45, 2.75) is 20.4 Å². The van der Waals surface area contributed by atoms with Crippen LogP contribution >= 0.6 is 0 Å². The third kappa shape index (κ3) is 4.78. The first kappa shape index (κ1) is 13.2. The van der Waals surface area contributed by atoms with Crippen LogP contribution in [0.3, 0.4) is 0 Å². The third-order valence-electron chi connectivity index (χ3n) is 2.01. The van der Waals surface area contributed by atoms with Gasteiger partial charge >= 0.3 is 0 Å². The molecule has 0 saturated carbocycles. The fourth-order valence-electron chi connectivity index (χ4n) is 1.29. The first-order chi connectivity index (χ1) is 7.53. The molecule has 2 N–H and O–H groups in total. The van der Waals surface area contributed by atoms with Gasteiger partial charge in [0.1, 0.15) is 11.5 Å². The normalized spacial score (nSPS) is 11.9. The molecule has 0 amide bonds. The molecule has 6 heteroatoms. The SMILES string of the molecule is CCNS(=O)(=O)CCNCc1ccc(C)o1. The Morgan fingerprint density at radius 1 is 1.38 bits per heavy atom. The second-order valence-corrected chi connectivity index (χ2v) is 5.43. The lowest BCUT2D eigenvalue weighted by atomic mass is 10.4. The van der Waals surface area contributed by atoms with Crippen LogP contribution < -0.4 is 10.0 Å². The highest BCUT2D eigenvalue weighted by atomic mass is 32.2. The molecule has 0 bridgehead atoms. The van der Waals surface area contributed by atoms with Gasteiger partial charge in [0.15, 0.2) is 0 Å². The van der Waals surface area contributed by atoms with Gasteiger partial charge in [-0.15, -0.1) is 0 Å². The highest BCUT2D eigenvalue weighted by Gasteiger charge is 2.07. The lowest BCUT2D eigenvalue weighted by Crippen LogP contribution is -2.31. The van der Waals surface area contributed by atoms with E-state index < -0.39 is 10.0 Å². The molecule has 1 rings (SSSR count). The van der Waals surface area contributed by atoms with Crippen molar-refractivity contribution >= 4 is 10.0 Å². The van der Waals surface area contributed by atoms with Gasteiger partial charge in [-0.2, -0.15) is 0 Å². The summed E-state index contributed by atoms with van der Waals surface area (Å²) in [6.45, 7) is 5.03. The van der Waals surface area contributed by atoms with Crippen molar-refractivity contribution in [1.29, 1.82) is 0 Å². The highest BCUT2D eigenvalue weighted by Crippen LogP contribution is 2.04. The summed E-state index contributed by atoms with van der Waals surface area (Å²) in [6.07, 6.45) is 0. The Kier molecular flexibility index (Phi) is 4.98. The summed E-state index contributed by atoms with van der Waals surface area (Å²) in [6, 6.07) is 3.76. The van der Waals surface area contributed by atoms with Crippen LogP contribution in [0.2, 0.25) is 0 Å². The monoisotopic (exact) mass is 246 g/mol. The Morgan fingerprint density at radius 3 is 2.69 bits per heavy atom. The van der Waals surface area contributed by atoms with E-state index >= 15 is 0 Å². The zero-order chi connectivity index (χ0) is 12.0. The Morgan fingerprint density at radius 2 is 2.12 bits per heavy atom. The van der Waals surface area contributed by atoms with Crippen LogP contribution in [0.25, 0.3) is 0 Å². The molecule has 16 heavy (non-hydrogen) atoms. The number of rotatable bonds is 7. The molecular formula is C10H18N2O3S. The first-order valence-corrected chi connectivity index (χ1v) is 6.92. The quantitative estimate of drug-likeness (QED) is 0.692. The maximum Gasteiger partial charge on any atom is 0.212 e. The molecule has 1 heterocycles. The van der Waals surface area contributed by atoms with Crippen LogP contribution in [-0.2, 0) is 16.6 Å². The molecule has 0 radical (unpaired) electrons. The zero-order valence-electron chi connectivity index (χ0n) is 9.62. The van der Waals surface area contributed by atoms with Crippen molar-refractivity contribution in [3.63, 3.8) is 0 Å². The molecule has 1 aromatic heterocycles. The fraction of sp³-hybridized carbons (Fsp3) is 0.600. The second kappa shape index (κ2) is 6.03. The summed E-state index contributed by atoms with van der Waals surface area (Å²) in [5, 5.41) is 3.02. The number of furan rings is 1. The van der Waals surface area contributed by atoms with Gasteiger partial charge in [0, 0.05) is 13.1 Å². The average molecular weight is 246 g/mol. The van der Waals surface area contributed by atoms with Crippen molar-refractivity contribution in [3.05, 3.63) is 23.7 Å². The van der Waals surface area contributed by atoms with E-state index in [1.165, 1.54) is 0 Å². The van der Waals surface area contributed by atoms with Crippen LogP contribution in [0, 0.1) is 6.92 Å². The number of sulfonamides is 1. The van der Waals surface area contributed by atoms with E-state index in [1.807, 2.05) is 19.1 Å². The first-order valence-electron chi connectivity index (χ1n) is 5.27. The zero-order valence-corrected chi connectivity index (χ0v) is 10.4. The standard InChI is InChI=1S/C10H18N2O3S/c1-3-12-16(13,14)7-6-11-8-10-5-4-9(2)15-10/h4-5,11-12H,3,6-8H2,1-2H3. The molecule has 92 valence electrons.